The number of hydrogen-bond donors (Lipinski definition) is 18. The monoisotopic (exact) mass is 1380 g/mol. The first-order valence-corrected chi connectivity index (χ1v) is 32.0. The number of hydrogen-bond acceptors (Lipinski definition) is 21. The van der Waals surface area contributed by atoms with E-state index in [1.807, 2.05) is 0 Å². The number of carbonyl (C=O) groups excluding carboxylic acids is 7. The predicted octanol–water partition coefficient (Wildman–Crippen LogP) is 4.71. The molecular formula is C68H69Cl2N11O17. The van der Waals surface area contributed by atoms with Gasteiger partial charge in [0.25, 0.3) is 0 Å². The normalized spacial score (nSPS) is 20.7. The third-order valence-electron chi connectivity index (χ3n) is 16.8. The minimum absolute atomic E-state index is 0.0360. The summed E-state index contributed by atoms with van der Waals surface area (Å²) < 4.78 is 18.6. The first-order valence-electron chi connectivity index (χ1n) is 31.2. The Morgan fingerprint density at radius 2 is 1.08 bits per heavy atom. The second-order valence-corrected chi connectivity index (χ2v) is 24.6. The van der Waals surface area contributed by atoms with Gasteiger partial charge < -0.3 is 109 Å². The number of fused-ring (bicyclic) bond motifs is 14. The average molecular weight is 1380 g/mol. The summed E-state index contributed by atoms with van der Waals surface area (Å²) in [6, 6.07) is 9.40. The second kappa shape index (κ2) is 29.8. The van der Waals surface area contributed by atoms with E-state index in [-0.39, 0.29) is 90.5 Å². The highest BCUT2D eigenvalue weighted by molar-refractivity contribution is 6.32. The van der Waals surface area contributed by atoms with Crippen LogP contribution in [0.4, 0.5) is 0 Å². The number of ether oxygens (including phenoxy) is 3. The molecule has 0 aliphatic carbocycles. The van der Waals surface area contributed by atoms with Crippen LogP contribution in [0.15, 0.2) is 115 Å². The molecule has 6 aliphatic rings. The fraction of sp³-hybridized carbons (Fsp3) is 0.279. The second-order valence-electron chi connectivity index (χ2n) is 23.8. The van der Waals surface area contributed by atoms with Gasteiger partial charge in [-0.15, -0.1) is 0 Å². The topological polar surface area (TPSA) is 449 Å². The molecule has 6 aliphatic heterocycles. The number of nitrogens with one attached hydrogen (secondary N) is 9. The van der Waals surface area contributed by atoms with Crippen molar-refractivity contribution in [3.05, 3.63) is 164 Å². The van der Waals surface area contributed by atoms with Crippen LogP contribution in [0.25, 0.3) is 11.1 Å². The van der Waals surface area contributed by atoms with Gasteiger partial charge in [0.1, 0.15) is 88.6 Å². The van der Waals surface area contributed by atoms with Gasteiger partial charge in [0.05, 0.1) is 10.0 Å². The van der Waals surface area contributed by atoms with Gasteiger partial charge in [0.2, 0.25) is 47.1 Å². The van der Waals surface area contributed by atoms with E-state index in [1.54, 1.807) is 0 Å². The minimum atomic E-state index is -2.16. The van der Waals surface area contributed by atoms with Gasteiger partial charge in [-0.2, -0.15) is 0 Å². The zero-order chi connectivity index (χ0) is 69.6. The third kappa shape index (κ3) is 15.3. The highest BCUT2D eigenvalue weighted by atomic mass is 35.5. The van der Waals surface area contributed by atoms with Gasteiger partial charge in [-0.05, 0) is 176 Å². The number of phenols is 6. The van der Waals surface area contributed by atoms with E-state index in [9.17, 15) is 50.1 Å². The molecule has 0 saturated heterocycles. The van der Waals surface area contributed by atoms with Gasteiger partial charge in [-0.1, -0.05) is 47.5 Å². The summed E-state index contributed by atoms with van der Waals surface area (Å²) in [5.41, 5.74) is 10.6. The molecule has 7 aromatic rings. The first kappa shape index (κ1) is 68.8. The van der Waals surface area contributed by atoms with Crippen molar-refractivity contribution >= 4 is 64.6 Å². The van der Waals surface area contributed by atoms with Crippen LogP contribution in [-0.2, 0) is 40.0 Å². The number of phenolic OH excluding ortho intramolecular Hbond substituents is 6. The Bertz CT molecular complexity index is 4300. The van der Waals surface area contributed by atoms with Gasteiger partial charge in [0.15, 0.2) is 23.0 Å². The van der Waals surface area contributed by atoms with E-state index in [4.69, 9.17) is 48.9 Å². The van der Waals surface area contributed by atoms with Crippen LogP contribution in [0.5, 0.6) is 69.0 Å². The molecule has 6 heterocycles. The lowest BCUT2D eigenvalue weighted by molar-refractivity contribution is -0.137. The third-order valence-corrected chi connectivity index (χ3v) is 17.4. The fourth-order valence-electron chi connectivity index (χ4n) is 11.7. The highest BCUT2D eigenvalue weighted by Crippen LogP contribution is 2.48. The van der Waals surface area contributed by atoms with Gasteiger partial charge >= 0.3 is 0 Å². The van der Waals surface area contributed by atoms with E-state index >= 15 is 19.2 Å². The van der Waals surface area contributed by atoms with Crippen molar-refractivity contribution in [3.8, 4) is 80.1 Å². The fourth-order valence-corrected chi connectivity index (χ4v) is 12.2. The molecule has 30 heteroatoms. The number of halogens is 2. The lowest BCUT2D eigenvalue weighted by Crippen LogP contribution is -2.56. The molecule has 28 nitrogen and oxygen atoms in total. The van der Waals surface area contributed by atoms with Crippen LogP contribution >= 0.6 is 23.2 Å². The van der Waals surface area contributed by atoms with Gasteiger partial charge in [0, 0.05) is 36.2 Å². The number of rotatable bonds is 13. The smallest absolute Gasteiger partial charge is 0.248 e. The molecule has 512 valence electrons. The molecule has 0 saturated carbocycles. The lowest BCUT2D eigenvalue weighted by atomic mass is 9.89. The van der Waals surface area contributed by atoms with Crippen molar-refractivity contribution < 1.29 is 83.5 Å². The van der Waals surface area contributed by atoms with Crippen LogP contribution in [0.2, 0.25) is 10.0 Å². The van der Waals surface area contributed by atoms with Crippen molar-refractivity contribution in [2.45, 2.75) is 80.5 Å². The van der Waals surface area contributed by atoms with Gasteiger partial charge in [-0.25, -0.2) is 0 Å². The number of unbranched alkanes of at least 4 members (excludes halogenated alkanes) is 1. The Hall–Kier alpha value is -10.6. The summed E-state index contributed by atoms with van der Waals surface area (Å²) in [5, 5.41) is 106. The van der Waals surface area contributed by atoms with E-state index in [2.05, 4.69) is 47.9 Å². The summed E-state index contributed by atoms with van der Waals surface area (Å²) in [7, 11) is 0. The van der Waals surface area contributed by atoms with E-state index in [1.165, 1.54) is 66.7 Å². The molecule has 0 spiro atoms. The number of nitrogens with two attached hydrogens (primary N) is 2. The van der Waals surface area contributed by atoms with Crippen molar-refractivity contribution in [2.75, 3.05) is 39.3 Å². The average Bonchev–Trinajstić information content (AvgIpc) is 0.773. The quantitative estimate of drug-likeness (QED) is 0.0695. The maximum atomic E-state index is 15.9. The SMILES string of the molecule is NCCCNCCCCNCCCNC(=O)[C@H]1NC(=O)[C@H]2NC(=O)[C@H](NC(=O)[C@@H]3NC(=O)[C@H]4NC(=O)[C@@H](Cc5ccc(c(Cl)c5)Oc5cc3cc(c5O)Oc3ccc(cc3Cl)[C@H]2O)NC(=O)[C@H](N)c2ccc(O)c(c2)Oc2cc(O)cc4c2)c2ccc(O)c(c2)-c2c(O)cc(O)cc21. The molecule has 20 N–H and O–H groups in total. The maximum absolute atomic E-state index is 15.9. The Balaban J connectivity index is 1.05. The first-order chi connectivity index (χ1) is 47.0. The van der Waals surface area contributed by atoms with Crippen molar-refractivity contribution in [3.63, 3.8) is 0 Å². The number of aromatic hydroxyl groups is 6. The lowest BCUT2D eigenvalue weighted by Gasteiger charge is -2.31. The van der Waals surface area contributed by atoms with E-state index in [0.717, 1.165) is 80.9 Å². The number of carbonyl (C=O) groups is 7. The summed E-state index contributed by atoms with van der Waals surface area (Å²) >= 11 is 13.9. The zero-order valence-electron chi connectivity index (χ0n) is 52.0. The molecule has 8 atom stereocenters. The Kier molecular flexibility index (Phi) is 20.9. The van der Waals surface area contributed by atoms with Crippen LogP contribution in [0.3, 0.4) is 0 Å². The molecule has 7 aromatic carbocycles. The summed E-state index contributed by atoms with van der Waals surface area (Å²) in [5.74, 6) is -13.4. The molecule has 17 bridgehead atoms. The Labute approximate surface area is 569 Å². The number of aliphatic hydroxyl groups excluding tert-OH is 1. The van der Waals surface area contributed by atoms with Crippen molar-refractivity contribution in [2.24, 2.45) is 11.5 Å². The standard InChI is InChI=1S/C68H69Cl2N11O17/c69-42-19-31-5-11-48(42)97-51-26-36-27-52(61(51)88)98-49-12-8-34(24-43(49)70)60(87)59-68(95)80-58(64(91)75-18-4-17-74-15-2-1-14-73-16-3-13-71)41-29-38(83)30-47(86)53(41)40-23-33(7-9-45(40)84)55(65(92)81-59)78-67(94)57(36)79-66(93)56-35-21-37(82)28-39(22-35)96-50-25-32(6-10-46(50)85)54(72)63(90)76-44(20-31)62(89)77-56/h5-12,19,21-30,44,54-60,73-74,82-88H,1-4,13-18,20,71-72H2,(H,75,91)(H,76,90)(H,77,89)(H,78,94)(H,79,93)(H,80,95)(H,81,92)/t44-,54-,55-,56+,57-,58+,59+,60-/m1/s1. The molecule has 0 aromatic heterocycles. The summed E-state index contributed by atoms with van der Waals surface area (Å²) in [4.78, 5) is 106. The molecule has 0 fully saturated rings. The van der Waals surface area contributed by atoms with Gasteiger partial charge in [-0.3, -0.25) is 33.6 Å². The predicted molar refractivity (Wildman–Crippen MR) is 354 cm³/mol. The summed E-state index contributed by atoms with van der Waals surface area (Å²) in [6.45, 7) is 3.43. The largest absolute Gasteiger partial charge is 0.508 e. The van der Waals surface area contributed by atoms with Crippen LogP contribution in [0, 0.1) is 0 Å². The van der Waals surface area contributed by atoms with Crippen molar-refractivity contribution in [1.82, 2.24) is 47.9 Å². The number of amides is 7. The molecule has 13 rings (SSSR count). The number of benzene rings is 7. The maximum Gasteiger partial charge on any atom is 0.248 e. The number of aliphatic hydroxyl groups is 1. The molecule has 98 heavy (non-hydrogen) atoms. The minimum Gasteiger partial charge on any atom is -0.508 e. The van der Waals surface area contributed by atoms with Crippen LogP contribution < -0.4 is 73.5 Å². The Morgan fingerprint density at radius 3 is 1.77 bits per heavy atom. The van der Waals surface area contributed by atoms with E-state index in [0.29, 0.717) is 31.6 Å². The molecule has 0 unspecified atom stereocenters. The van der Waals surface area contributed by atoms with E-state index < -0.39 is 136 Å². The molecule has 7 amide bonds. The van der Waals surface area contributed by atoms with Crippen LogP contribution in [0.1, 0.15) is 101 Å². The zero-order valence-corrected chi connectivity index (χ0v) is 53.5. The highest BCUT2D eigenvalue weighted by Gasteiger charge is 2.41. The molecular weight excluding hydrogens is 1310 g/mol. The van der Waals surface area contributed by atoms with Crippen molar-refractivity contribution in [1.29, 1.82) is 0 Å². The Morgan fingerprint density at radius 1 is 0.500 bits per heavy atom. The van der Waals surface area contributed by atoms with Crippen LogP contribution in [-0.4, -0.2) is 128 Å². The molecule has 0 radical (unpaired) electrons. The summed E-state index contributed by atoms with van der Waals surface area (Å²) in [6.07, 6.45) is 0.614.